The first kappa shape index (κ1) is 22.9. The second-order valence-corrected chi connectivity index (χ2v) is 9.62. The summed E-state index contributed by atoms with van der Waals surface area (Å²) in [5, 5.41) is 16.5. The number of imidazole rings is 1. The predicted octanol–water partition coefficient (Wildman–Crippen LogP) is 4.57. The molecule has 0 atom stereocenters. The van der Waals surface area contributed by atoms with E-state index >= 15 is 0 Å². The van der Waals surface area contributed by atoms with Crippen molar-refractivity contribution in [3.05, 3.63) is 72.1 Å². The third-order valence-electron chi connectivity index (χ3n) is 5.80. The number of nitrogens with one attached hydrogen (secondary N) is 2. The molecule has 1 amide bonds. The third kappa shape index (κ3) is 5.27. The average molecular weight is 472 g/mol. The van der Waals surface area contributed by atoms with Gasteiger partial charge >= 0.3 is 0 Å². The van der Waals surface area contributed by atoms with Crippen molar-refractivity contribution in [3.63, 3.8) is 0 Å². The molecule has 0 spiro atoms. The molecule has 8 heteroatoms. The number of anilines is 1. The molecule has 180 valence electrons. The maximum absolute atomic E-state index is 12.6. The summed E-state index contributed by atoms with van der Waals surface area (Å²) in [6.45, 7) is 5.68. The van der Waals surface area contributed by atoms with E-state index in [0.717, 1.165) is 29.7 Å². The standard InChI is InChI=1S/C27H29N5O3/c1-17-13-18(9-12-21(17)26(33)30-19-10-11-19)22-14-28-25-24(29-16-27(2,3)34)31-23(15-32(22)25)35-20-7-5-4-6-8-20/h4-9,12-15,19,34H,10-11,16H2,1-3H3,(H,29,31)(H,30,33). The summed E-state index contributed by atoms with van der Waals surface area (Å²) in [5.74, 6) is 1.52. The van der Waals surface area contributed by atoms with Crippen LogP contribution in [0.5, 0.6) is 11.6 Å². The van der Waals surface area contributed by atoms with Crippen molar-refractivity contribution in [2.24, 2.45) is 0 Å². The fourth-order valence-corrected chi connectivity index (χ4v) is 3.83. The van der Waals surface area contributed by atoms with Crippen LogP contribution in [-0.2, 0) is 0 Å². The normalized spacial score (nSPS) is 13.6. The number of amides is 1. The van der Waals surface area contributed by atoms with Crippen LogP contribution in [0.3, 0.4) is 0 Å². The fraction of sp³-hybridized carbons (Fsp3) is 0.296. The number of carbonyl (C=O) groups excluding carboxylic acids is 1. The molecule has 0 radical (unpaired) electrons. The van der Waals surface area contributed by atoms with Gasteiger partial charge in [-0.15, -0.1) is 0 Å². The molecule has 1 fully saturated rings. The van der Waals surface area contributed by atoms with Crippen LogP contribution in [0.1, 0.15) is 42.6 Å². The van der Waals surface area contributed by atoms with E-state index in [1.165, 1.54) is 0 Å². The number of hydrogen-bond acceptors (Lipinski definition) is 6. The van der Waals surface area contributed by atoms with Crippen LogP contribution in [0.4, 0.5) is 5.82 Å². The van der Waals surface area contributed by atoms with Gasteiger partial charge in [0.15, 0.2) is 11.5 Å². The summed E-state index contributed by atoms with van der Waals surface area (Å²) in [4.78, 5) is 21.8. The first-order valence-electron chi connectivity index (χ1n) is 11.8. The van der Waals surface area contributed by atoms with Gasteiger partial charge in [0.05, 0.1) is 23.7 Å². The number of para-hydroxylation sites is 1. The van der Waals surface area contributed by atoms with Crippen molar-refractivity contribution in [1.29, 1.82) is 0 Å². The summed E-state index contributed by atoms with van der Waals surface area (Å²) in [6, 6.07) is 15.5. The quantitative estimate of drug-likeness (QED) is 0.348. The van der Waals surface area contributed by atoms with Gasteiger partial charge < -0.3 is 20.5 Å². The molecule has 2 aromatic carbocycles. The lowest BCUT2D eigenvalue weighted by molar-refractivity contribution is 0.0939. The van der Waals surface area contributed by atoms with Crippen LogP contribution in [0.2, 0.25) is 0 Å². The number of carbonyl (C=O) groups is 1. The SMILES string of the molecule is Cc1cc(-c2cnc3c(NCC(C)(C)O)nc(Oc4ccccc4)cn23)ccc1C(=O)NC1CC1. The smallest absolute Gasteiger partial charge is 0.251 e. The second kappa shape index (κ2) is 9.03. The van der Waals surface area contributed by atoms with Gasteiger partial charge in [0, 0.05) is 23.7 Å². The molecular weight excluding hydrogens is 442 g/mol. The summed E-state index contributed by atoms with van der Waals surface area (Å²) >= 11 is 0. The van der Waals surface area contributed by atoms with E-state index in [2.05, 4.69) is 20.6 Å². The van der Waals surface area contributed by atoms with Gasteiger partial charge in [-0.05, 0) is 63.4 Å². The monoisotopic (exact) mass is 471 g/mol. The molecule has 0 saturated heterocycles. The summed E-state index contributed by atoms with van der Waals surface area (Å²) < 4.78 is 7.93. The second-order valence-electron chi connectivity index (χ2n) is 9.62. The molecule has 4 aromatic rings. The van der Waals surface area contributed by atoms with Crippen molar-refractivity contribution in [3.8, 4) is 22.9 Å². The zero-order valence-corrected chi connectivity index (χ0v) is 20.1. The minimum atomic E-state index is -0.932. The van der Waals surface area contributed by atoms with Crippen molar-refractivity contribution >= 4 is 17.4 Å². The number of rotatable bonds is 8. The molecule has 1 aliphatic carbocycles. The highest BCUT2D eigenvalue weighted by atomic mass is 16.5. The minimum absolute atomic E-state index is 0.0319. The zero-order chi connectivity index (χ0) is 24.6. The highest BCUT2D eigenvalue weighted by molar-refractivity contribution is 5.96. The van der Waals surface area contributed by atoms with Crippen LogP contribution in [0, 0.1) is 6.92 Å². The van der Waals surface area contributed by atoms with Crippen LogP contribution in [-0.4, -0.2) is 43.6 Å². The van der Waals surface area contributed by atoms with Gasteiger partial charge in [-0.25, -0.2) is 4.98 Å². The Kier molecular flexibility index (Phi) is 5.90. The molecule has 3 N–H and O–H groups in total. The number of aromatic nitrogens is 3. The molecule has 35 heavy (non-hydrogen) atoms. The molecule has 2 heterocycles. The molecule has 0 bridgehead atoms. The number of hydrogen-bond donors (Lipinski definition) is 3. The fourth-order valence-electron chi connectivity index (χ4n) is 3.83. The lowest BCUT2D eigenvalue weighted by Crippen LogP contribution is -2.29. The van der Waals surface area contributed by atoms with Gasteiger partial charge in [-0.3, -0.25) is 9.20 Å². The Morgan fingerprint density at radius 3 is 2.66 bits per heavy atom. The predicted molar refractivity (Wildman–Crippen MR) is 135 cm³/mol. The molecule has 8 nitrogen and oxygen atoms in total. The number of nitrogens with zero attached hydrogens (tertiary/aromatic N) is 3. The van der Waals surface area contributed by atoms with Crippen molar-refractivity contribution in [2.75, 3.05) is 11.9 Å². The van der Waals surface area contributed by atoms with E-state index in [9.17, 15) is 9.90 Å². The van der Waals surface area contributed by atoms with E-state index in [0.29, 0.717) is 34.7 Å². The van der Waals surface area contributed by atoms with E-state index in [4.69, 9.17) is 4.74 Å². The molecule has 5 rings (SSSR count). The molecule has 0 aliphatic heterocycles. The molecular formula is C27H29N5O3. The number of ether oxygens (including phenoxy) is 1. The van der Waals surface area contributed by atoms with Gasteiger partial charge in [0.25, 0.3) is 5.91 Å². The van der Waals surface area contributed by atoms with Gasteiger partial charge in [0.1, 0.15) is 5.75 Å². The summed E-state index contributed by atoms with van der Waals surface area (Å²) in [7, 11) is 0. The number of benzene rings is 2. The molecule has 1 saturated carbocycles. The first-order chi connectivity index (χ1) is 16.8. The Hall–Kier alpha value is -3.91. The highest BCUT2D eigenvalue weighted by Crippen LogP contribution is 2.30. The Morgan fingerprint density at radius 1 is 1.20 bits per heavy atom. The van der Waals surface area contributed by atoms with Crippen molar-refractivity contribution in [1.82, 2.24) is 19.7 Å². The van der Waals surface area contributed by atoms with E-state index in [1.807, 2.05) is 59.9 Å². The van der Waals surface area contributed by atoms with Crippen LogP contribution < -0.4 is 15.4 Å². The lowest BCUT2D eigenvalue weighted by atomic mass is 10.0. The summed E-state index contributed by atoms with van der Waals surface area (Å²) in [6.07, 6.45) is 5.67. The van der Waals surface area contributed by atoms with Gasteiger partial charge in [0.2, 0.25) is 5.88 Å². The third-order valence-corrected chi connectivity index (χ3v) is 5.80. The molecule has 0 unspecified atom stereocenters. The molecule has 1 aliphatic rings. The average Bonchev–Trinajstić information content (AvgIpc) is 3.53. The Morgan fingerprint density at radius 2 is 1.97 bits per heavy atom. The van der Waals surface area contributed by atoms with Crippen LogP contribution in [0.25, 0.3) is 16.9 Å². The van der Waals surface area contributed by atoms with Gasteiger partial charge in [-0.2, -0.15) is 4.98 Å². The molecule has 2 aromatic heterocycles. The van der Waals surface area contributed by atoms with Gasteiger partial charge in [-0.1, -0.05) is 24.3 Å². The Labute approximate surface area is 204 Å². The topological polar surface area (TPSA) is 101 Å². The lowest BCUT2D eigenvalue weighted by Gasteiger charge is -2.19. The number of aliphatic hydroxyl groups is 1. The van der Waals surface area contributed by atoms with Crippen LogP contribution in [0.15, 0.2) is 60.9 Å². The van der Waals surface area contributed by atoms with E-state index in [-0.39, 0.29) is 12.5 Å². The van der Waals surface area contributed by atoms with E-state index in [1.54, 1.807) is 26.2 Å². The summed E-state index contributed by atoms with van der Waals surface area (Å²) in [5.41, 5.74) is 3.01. The van der Waals surface area contributed by atoms with Crippen molar-refractivity contribution < 1.29 is 14.6 Å². The number of aryl methyl sites for hydroxylation is 1. The van der Waals surface area contributed by atoms with E-state index < -0.39 is 5.60 Å². The number of fused-ring (bicyclic) bond motifs is 1. The maximum Gasteiger partial charge on any atom is 0.251 e. The highest BCUT2D eigenvalue weighted by Gasteiger charge is 2.24. The van der Waals surface area contributed by atoms with Crippen LogP contribution >= 0.6 is 0 Å². The zero-order valence-electron chi connectivity index (χ0n) is 20.1. The Balaban J connectivity index is 1.53. The Bertz CT molecular complexity index is 1370. The largest absolute Gasteiger partial charge is 0.437 e. The maximum atomic E-state index is 12.6. The first-order valence-corrected chi connectivity index (χ1v) is 11.8. The van der Waals surface area contributed by atoms with Crippen molar-refractivity contribution in [2.45, 2.75) is 45.3 Å². The minimum Gasteiger partial charge on any atom is -0.437 e.